The van der Waals surface area contributed by atoms with E-state index in [1.165, 1.54) is 0 Å². The zero-order chi connectivity index (χ0) is 15.2. The van der Waals surface area contributed by atoms with Gasteiger partial charge in [0.2, 0.25) is 0 Å². The first-order valence-electron chi connectivity index (χ1n) is 7.10. The van der Waals surface area contributed by atoms with Crippen LogP contribution in [0.2, 0.25) is 0 Å². The third kappa shape index (κ3) is 3.91. The number of aryl methyl sites for hydroxylation is 2. The predicted octanol–water partition coefficient (Wildman–Crippen LogP) is 1.15. The molecule has 1 aromatic heterocycles. The van der Waals surface area contributed by atoms with E-state index in [1.54, 1.807) is 0 Å². The summed E-state index contributed by atoms with van der Waals surface area (Å²) in [6.45, 7) is 5.26. The van der Waals surface area contributed by atoms with Crippen LogP contribution in [-0.2, 0) is 9.47 Å². The van der Waals surface area contributed by atoms with Crippen molar-refractivity contribution in [3.05, 3.63) is 22.9 Å². The van der Waals surface area contributed by atoms with Crippen molar-refractivity contribution in [3.63, 3.8) is 0 Å². The first-order valence-corrected chi connectivity index (χ1v) is 7.10. The Bertz CT molecular complexity index is 504. The Morgan fingerprint density at radius 1 is 1.57 bits per heavy atom. The normalized spacial score (nSPS) is 21.8. The number of ether oxygens (including phenoxy) is 2. The first-order chi connectivity index (χ1) is 10.2. The lowest BCUT2D eigenvalue weighted by Crippen LogP contribution is -2.44. The van der Waals surface area contributed by atoms with Crippen LogP contribution in [0.25, 0.3) is 0 Å². The molecule has 6 nitrogen and oxygen atoms in total. The van der Waals surface area contributed by atoms with Crippen LogP contribution in [0.5, 0.6) is 0 Å². The molecule has 0 saturated carbocycles. The molecule has 6 heteroatoms. The van der Waals surface area contributed by atoms with Crippen molar-refractivity contribution in [2.24, 2.45) is 0 Å². The van der Waals surface area contributed by atoms with Crippen molar-refractivity contribution < 1.29 is 14.6 Å². The van der Waals surface area contributed by atoms with Crippen molar-refractivity contribution in [2.45, 2.75) is 32.4 Å². The number of aliphatic hydroxyl groups excluding tert-OH is 1. The number of pyridine rings is 1. The second kappa shape index (κ2) is 7.36. The monoisotopic (exact) mass is 291 g/mol. The number of hydrogen-bond donors (Lipinski definition) is 2. The van der Waals surface area contributed by atoms with Gasteiger partial charge >= 0.3 is 0 Å². The van der Waals surface area contributed by atoms with Crippen LogP contribution in [0.4, 0.5) is 5.82 Å². The quantitative estimate of drug-likeness (QED) is 0.846. The average molecular weight is 291 g/mol. The van der Waals surface area contributed by atoms with Gasteiger partial charge in [-0.05, 0) is 31.9 Å². The van der Waals surface area contributed by atoms with Gasteiger partial charge < -0.3 is 19.9 Å². The molecule has 0 spiro atoms. The van der Waals surface area contributed by atoms with E-state index in [0.29, 0.717) is 31.1 Å². The lowest BCUT2D eigenvalue weighted by molar-refractivity contribution is -0.0492. The number of rotatable bonds is 5. The van der Waals surface area contributed by atoms with E-state index in [1.807, 2.05) is 19.9 Å². The van der Waals surface area contributed by atoms with Gasteiger partial charge in [0.1, 0.15) is 11.9 Å². The molecule has 2 N–H and O–H groups in total. The minimum atomic E-state index is -0.0102. The number of aliphatic hydroxyl groups is 1. The average Bonchev–Trinajstić information content (AvgIpc) is 2.46. The molecule has 1 fully saturated rings. The first kappa shape index (κ1) is 15.7. The number of nitrogens with one attached hydrogen (secondary N) is 1. The van der Waals surface area contributed by atoms with Gasteiger partial charge in [-0.1, -0.05) is 0 Å². The molecule has 0 amide bonds. The van der Waals surface area contributed by atoms with E-state index in [2.05, 4.69) is 16.4 Å². The Kier molecular flexibility index (Phi) is 5.51. The molecule has 0 aromatic carbocycles. The van der Waals surface area contributed by atoms with Crippen molar-refractivity contribution >= 4 is 5.82 Å². The van der Waals surface area contributed by atoms with E-state index >= 15 is 0 Å². The molecule has 114 valence electrons. The molecular weight excluding hydrogens is 270 g/mol. The van der Waals surface area contributed by atoms with Crippen LogP contribution in [0.1, 0.15) is 23.2 Å². The van der Waals surface area contributed by atoms with Gasteiger partial charge in [0.25, 0.3) is 0 Å². The van der Waals surface area contributed by atoms with Crippen molar-refractivity contribution in [3.8, 4) is 6.07 Å². The molecule has 1 saturated heterocycles. The van der Waals surface area contributed by atoms with Crippen LogP contribution in [0, 0.1) is 25.2 Å². The van der Waals surface area contributed by atoms with E-state index in [9.17, 15) is 0 Å². The van der Waals surface area contributed by atoms with Crippen LogP contribution in [0.15, 0.2) is 6.07 Å². The number of nitrogens with zero attached hydrogens (tertiary/aromatic N) is 2. The topological polar surface area (TPSA) is 87.4 Å². The minimum absolute atomic E-state index is 0.00969. The maximum Gasteiger partial charge on any atom is 0.126 e. The molecule has 1 aromatic rings. The highest BCUT2D eigenvalue weighted by molar-refractivity contribution is 5.49. The SMILES string of the molecule is Cc1cc(N[C@@H]2COCC[C@@H]2OCCO)nc(C)c1C#N. The summed E-state index contributed by atoms with van der Waals surface area (Å²) in [6, 6.07) is 4.02. The third-order valence-corrected chi connectivity index (χ3v) is 3.56. The smallest absolute Gasteiger partial charge is 0.126 e. The largest absolute Gasteiger partial charge is 0.394 e. The van der Waals surface area contributed by atoms with Crippen molar-refractivity contribution in [1.82, 2.24) is 4.98 Å². The van der Waals surface area contributed by atoms with Gasteiger partial charge in [-0.3, -0.25) is 0 Å². The molecule has 0 aliphatic carbocycles. The summed E-state index contributed by atoms with van der Waals surface area (Å²) in [5, 5.41) is 21.3. The summed E-state index contributed by atoms with van der Waals surface area (Å²) < 4.78 is 11.1. The second-order valence-electron chi connectivity index (χ2n) is 5.14. The highest BCUT2D eigenvalue weighted by atomic mass is 16.5. The fourth-order valence-electron chi connectivity index (χ4n) is 2.52. The molecule has 2 rings (SSSR count). The van der Waals surface area contributed by atoms with E-state index in [-0.39, 0.29) is 18.8 Å². The molecule has 2 heterocycles. The maximum atomic E-state index is 9.08. The van der Waals surface area contributed by atoms with Gasteiger partial charge in [0.05, 0.1) is 43.2 Å². The summed E-state index contributed by atoms with van der Waals surface area (Å²) in [4.78, 5) is 4.42. The van der Waals surface area contributed by atoms with Crippen LogP contribution >= 0.6 is 0 Å². The molecule has 1 aliphatic heterocycles. The Labute approximate surface area is 124 Å². The molecule has 0 radical (unpaired) electrons. The zero-order valence-corrected chi connectivity index (χ0v) is 12.4. The summed E-state index contributed by atoms with van der Waals surface area (Å²) in [5.41, 5.74) is 2.23. The van der Waals surface area contributed by atoms with Gasteiger partial charge in [0.15, 0.2) is 0 Å². The Morgan fingerprint density at radius 3 is 3.05 bits per heavy atom. The Hall–Kier alpha value is -1.68. The van der Waals surface area contributed by atoms with Crippen LogP contribution in [0.3, 0.4) is 0 Å². The van der Waals surface area contributed by atoms with E-state index in [0.717, 1.165) is 17.8 Å². The molecule has 0 unspecified atom stereocenters. The Balaban J connectivity index is 2.10. The summed E-state index contributed by atoms with van der Waals surface area (Å²) in [6.07, 6.45) is 0.773. The molecule has 1 aliphatic rings. The highest BCUT2D eigenvalue weighted by Crippen LogP contribution is 2.20. The van der Waals surface area contributed by atoms with Gasteiger partial charge in [0, 0.05) is 6.61 Å². The lowest BCUT2D eigenvalue weighted by Gasteiger charge is -2.32. The number of anilines is 1. The fraction of sp³-hybridized carbons (Fsp3) is 0.600. The Morgan fingerprint density at radius 2 is 2.38 bits per heavy atom. The van der Waals surface area contributed by atoms with Crippen LogP contribution in [-0.4, -0.2) is 48.7 Å². The summed E-state index contributed by atoms with van der Waals surface area (Å²) in [7, 11) is 0. The van der Waals surface area contributed by atoms with E-state index < -0.39 is 0 Å². The second-order valence-corrected chi connectivity index (χ2v) is 5.14. The maximum absolute atomic E-state index is 9.08. The van der Waals surface area contributed by atoms with E-state index in [4.69, 9.17) is 19.8 Å². The van der Waals surface area contributed by atoms with Gasteiger partial charge in [-0.25, -0.2) is 4.98 Å². The molecule has 2 atom stereocenters. The van der Waals surface area contributed by atoms with Gasteiger partial charge in [-0.15, -0.1) is 0 Å². The van der Waals surface area contributed by atoms with Crippen LogP contribution < -0.4 is 5.32 Å². The number of aromatic nitrogens is 1. The number of hydrogen-bond acceptors (Lipinski definition) is 6. The van der Waals surface area contributed by atoms with Crippen molar-refractivity contribution in [1.29, 1.82) is 5.26 Å². The predicted molar refractivity (Wildman–Crippen MR) is 78.1 cm³/mol. The zero-order valence-electron chi connectivity index (χ0n) is 12.4. The molecular formula is C15H21N3O3. The summed E-state index contributed by atoms with van der Waals surface area (Å²) in [5.74, 6) is 0.720. The fourth-order valence-corrected chi connectivity index (χ4v) is 2.52. The molecule has 0 bridgehead atoms. The van der Waals surface area contributed by atoms with Crippen molar-refractivity contribution in [2.75, 3.05) is 31.7 Å². The molecule has 21 heavy (non-hydrogen) atoms. The minimum Gasteiger partial charge on any atom is -0.394 e. The van der Waals surface area contributed by atoms with Gasteiger partial charge in [-0.2, -0.15) is 5.26 Å². The number of nitriles is 1. The standard InChI is InChI=1S/C15H21N3O3/c1-10-7-15(17-11(2)12(10)8-16)18-13-9-20-5-3-14(13)21-6-4-19/h7,13-14,19H,3-6,9H2,1-2H3,(H,17,18)/t13-,14+/m1/s1. The highest BCUT2D eigenvalue weighted by Gasteiger charge is 2.26. The summed E-state index contributed by atoms with van der Waals surface area (Å²) >= 11 is 0. The third-order valence-electron chi connectivity index (χ3n) is 3.56. The lowest BCUT2D eigenvalue weighted by atomic mass is 10.1.